The van der Waals surface area contributed by atoms with E-state index in [1.54, 1.807) is 0 Å². The summed E-state index contributed by atoms with van der Waals surface area (Å²) < 4.78 is 0. The Balaban J connectivity index is 1.81. The molecule has 8 nitrogen and oxygen atoms in total. The first kappa shape index (κ1) is 14.0. The minimum Gasteiger partial charge on any atom is -0.309 e. The Morgan fingerprint density at radius 3 is 2.95 bits per heavy atom. The van der Waals surface area contributed by atoms with Gasteiger partial charge in [0, 0.05) is 13.1 Å². The average Bonchev–Trinajstić information content (AvgIpc) is 2.60. The number of nitrogens with zero attached hydrogens (tertiary/aromatic N) is 3. The molecular formula is C11H20N4O4. The molecule has 2 aliphatic heterocycles. The fraction of sp³-hybridized carbons (Fsp3) is 0.818. The molecule has 108 valence electrons. The summed E-state index contributed by atoms with van der Waals surface area (Å²) in [5, 5.41) is 10.2. The van der Waals surface area contributed by atoms with E-state index in [0.29, 0.717) is 32.5 Å². The van der Waals surface area contributed by atoms with Gasteiger partial charge in [0.25, 0.3) is 5.91 Å². The van der Waals surface area contributed by atoms with E-state index in [9.17, 15) is 14.8 Å². The summed E-state index contributed by atoms with van der Waals surface area (Å²) >= 11 is 0. The molecule has 2 heterocycles. The molecule has 0 saturated carbocycles. The van der Waals surface area contributed by atoms with Crippen molar-refractivity contribution in [3.05, 3.63) is 0 Å². The summed E-state index contributed by atoms with van der Waals surface area (Å²) in [5.41, 5.74) is 2.37. The van der Waals surface area contributed by atoms with Crippen LogP contribution in [0.1, 0.15) is 12.8 Å². The fourth-order valence-electron chi connectivity index (χ4n) is 2.34. The molecule has 2 N–H and O–H groups in total. The predicted molar refractivity (Wildman–Crippen MR) is 65.2 cm³/mol. The molecule has 0 aromatic carbocycles. The SMILES string of the molecule is CN(C)CCONC(=O)C1CC[C@@H]2CN1C(=O)N2O. The van der Waals surface area contributed by atoms with Crippen LogP contribution in [0.4, 0.5) is 4.79 Å². The molecule has 0 spiro atoms. The third-order valence-corrected chi connectivity index (χ3v) is 3.46. The van der Waals surface area contributed by atoms with Gasteiger partial charge in [0.05, 0.1) is 12.6 Å². The van der Waals surface area contributed by atoms with Crippen LogP contribution < -0.4 is 5.48 Å². The molecular weight excluding hydrogens is 252 g/mol. The van der Waals surface area contributed by atoms with Crippen molar-refractivity contribution in [1.29, 1.82) is 0 Å². The van der Waals surface area contributed by atoms with Crippen LogP contribution in [-0.4, -0.2) is 77.9 Å². The largest absolute Gasteiger partial charge is 0.344 e. The normalized spacial score (nSPS) is 26.2. The number of carbonyl (C=O) groups is 2. The second kappa shape index (κ2) is 5.72. The number of piperidine rings is 1. The highest BCUT2D eigenvalue weighted by Crippen LogP contribution is 2.28. The van der Waals surface area contributed by atoms with Crippen molar-refractivity contribution in [3.63, 3.8) is 0 Å². The highest BCUT2D eigenvalue weighted by molar-refractivity contribution is 5.87. The first-order valence-corrected chi connectivity index (χ1v) is 6.35. The van der Waals surface area contributed by atoms with Crippen LogP contribution in [0.15, 0.2) is 0 Å². The third kappa shape index (κ3) is 2.96. The molecule has 2 fully saturated rings. The Labute approximate surface area is 111 Å². The summed E-state index contributed by atoms with van der Waals surface area (Å²) in [6.07, 6.45) is 1.16. The number of urea groups is 1. The van der Waals surface area contributed by atoms with Crippen LogP contribution in [0, 0.1) is 0 Å². The topological polar surface area (TPSA) is 85.4 Å². The lowest BCUT2D eigenvalue weighted by Crippen LogP contribution is -2.50. The Kier molecular flexibility index (Phi) is 4.23. The quantitative estimate of drug-likeness (QED) is 0.391. The number of fused-ring (bicyclic) bond motifs is 2. The van der Waals surface area contributed by atoms with E-state index < -0.39 is 12.1 Å². The number of likely N-dealkylation sites (N-methyl/N-ethyl adjacent to an activating group) is 1. The number of hydroxylamine groups is 3. The Hall–Kier alpha value is -1.38. The summed E-state index contributed by atoms with van der Waals surface area (Å²) in [4.78, 5) is 32.0. The van der Waals surface area contributed by atoms with Crippen molar-refractivity contribution in [2.45, 2.75) is 24.9 Å². The summed E-state index contributed by atoms with van der Waals surface area (Å²) in [6, 6.07) is -1.25. The summed E-state index contributed by atoms with van der Waals surface area (Å²) in [6.45, 7) is 1.47. The molecule has 2 saturated heterocycles. The number of rotatable bonds is 5. The molecule has 2 rings (SSSR count). The summed E-state index contributed by atoms with van der Waals surface area (Å²) in [5.74, 6) is -0.333. The number of hydrogen-bond acceptors (Lipinski definition) is 5. The first-order valence-electron chi connectivity index (χ1n) is 6.35. The van der Waals surface area contributed by atoms with Crippen molar-refractivity contribution >= 4 is 11.9 Å². The van der Waals surface area contributed by atoms with E-state index in [0.717, 1.165) is 5.06 Å². The highest BCUT2D eigenvalue weighted by atomic mass is 16.7. The lowest BCUT2D eigenvalue weighted by Gasteiger charge is -2.28. The molecule has 8 heteroatoms. The molecule has 2 bridgehead atoms. The number of amides is 3. The maximum absolute atomic E-state index is 11.9. The molecule has 1 unspecified atom stereocenters. The minimum absolute atomic E-state index is 0.189. The van der Waals surface area contributed by atoms with Crippen molar-refractivity contribution in [3.8, 4) is 0 Å². The smallest absolute Gasteiger partial charge is 0.309 e. The Bertz CT molecular complexity index is 363. The second-order valence-electron chi connectivity index (χ2n) is 5.14. The maximum Gasteiger partial charge on any atom is 0.344 e. The van der Waals surface area contributed by atoms with Crippen molar-refractivity contribution in [1.82, 2.24) is 20.3 Å². The molecule has 3 amide bonds. The van der Waals surface area contributed by atoms with E-state index in [1.807, 2.05) is 19.0 Å². The monoisotopic (exact) mass is 272 g/mol. The Morgan fingerprint density at radius 1 is 1.53 bits per heavy atom. The predicted octanol–water partition coefficient (Wildman–Crippen LogP) is -0.746. The Morgan fingerprint density at radius 2 is 2.26 bits per heavy atom. The van der Waals surface area contributed by atoms with Gasteiger partial charge in [0.15, 0.2) is 0 Å². The highest BCUT2D eigenvalue weighted by Gasteiger charge is 2.46. The van der Waals surface area contributed by atoms with Crippen LogP contribution >= 0.6 is 0 Å². The van der Waals surface area contributed by atoms with Gasteiger partial charge in [0.2, 0.25) is 0 Å². The standard InChI is InChI=1S/C11H20N4O4/c1-13(2)5-6-19-12-10(16)9-4-3-8-7-14(9)11(17)15(8)18/h8-9,18H,3-7H2,1-2H3,(H,12,16)/t8-,9?/m1/s1. The van der Waals surface area contributed by atoms with Crippen LogP contribution in [0.3, 0.4) is 0 Å². The van der Waals surface area contributed by atoms with E-state index in [1.165, 1.54) is 4.90 Å². The van der Waals surface area contributed by atoms with Gasteiger partial charge in [-0.05, 0) is 26.9 Å². The number of hydrogen-bond donors (Lipinski definition) is 2. The van der Waals surface area contributed by atoms with Crippen LogP contribution in [-0.2, 0) is 9.63 Å². The van der Waals surface area contributed by atoms with Crippen LogP contribution in [0.5, 0.6) is 0 Å². The third-order valence-electron chi connectivity index (χ3n) is 3.46. The van der Waals surface area contributed by atoms with E-state index in [-0.39, 0.29) is 11.9 Å². The van der Waals surface area contributed by atoms with Gasteiger partial charge in [-0.15, -0.1) is 0 Å². The number of carbonyl (C=O) groups excluding carboxylic acids is 2. The van der Waals surface area contributed by atoms with Gasteiger partial charge >= 0.3 is 6.03 Å². The van der Waals surface area contributed by atoms with E-state index in [2.05, 4.69) is 5.48 Å². The van der Waals surface area contributed by atoms with Gasteiger partial charge in [-0.25, -0.2) is 15.3 Å². The van der Waals surface area contributed by atoms with Crippen molar-refractivity contribution in [2.24, 2.45) is 0 Å². The zero-order valence-electron chi connectivity index (χ0n) is 11.2. The molecule has 0 aromatic heterocycles. The minimum atomic E-state index is -0.555. The molecule has 0 aromatic rings. The molecule has 19 heavy (non-hydrogen) atoms. The van der Waals surface area contributed by atoms with Crippen LogP contribution in [0.25, 0.3) is 0 Å². The average molecular weight is 272 g/mol. The second-order valence-corrected chi connectivity index (χ2v) is 5.14. The summed E-state index contributed by atoms with van der Waals surface area (Å²) in [7, 11) is 3.82. The molecule has 0 radical (unpaired) electrons. The van der Waals surface area contributed by atoms with Crippen LogP contribution in [0.2, 0.25) is 0 Å². The lowest BCUT2D eigenvalue weighted by molar-refractivity contribution is -0.139. The van der Waals surface area contributed by atoms with Gasteiger partial charge in [-0.2, -0.15) is 0 Å². The fourth-order valence-corrected chi connectivity index (χ4v) is 2.34. The van der Waals surface area contributed by atoms with E-state index in [4.69, 9.17) is 4.84 Å². The lowest BCUT2D eigenvalue weighted by atomic mass is 10.0. The molecule has 0 aliphatic carbocycles. The van der Waals surface area contributed by atoms with Gasteiger partial charge in [-0.1, -0.05) is 0 Å². The molecule has 2 atom stereocenters. The molecule has 2 aliphatic rings. The zero-order valence-corrected chi connectivity index (χ0v) is 11.2. The number of nitrogens with one attached hydrogen (secondary N) is 1. The first-order chi connectivity index (χ1) is 9.00. The van der Waals surface area contributed by atoms with Gasteiger partial charge in [-0.3, -0.25) is 14.8 Å². The maximum atomic E-state index is 11.9. The van der Waals surface area contributed by atoms with E-state index >= 15 is 0 Å². The van der Waals surface area contributed by atoms with Gasteiger partial charge < -0.3 is 9.80 Å². The van der Waals surface area contributed by atoms with Crippen molar-refractivity contribution < 1.29 is 19.6 Å². The van der Waals surface area contributed by atoms with Crippen molar-refractivity contribution in [2.75, 3.05) is 33.8 Å². The van der Waals surface area contributed by atoms with Gasteiger partial charge in [0.1, 0.15) is 6.04 Å². The zero-order chi connectivity index (χ0) is 14.0.